The number of amides is 1. The van der Waals surface area contributed by atoms with Crippen LogP contribution in [0.25, 0.3) is 0 Å². The van der Waals surface area contributed by atoms with Gasteiger partial charge >= 0.3 is 0 Å². The molecule has 0 spiro atoms. The molecule has 0 unspecified atom stereocenters. The minimum atomic E-state index is -3.76. The van der Waals surface area contributed by atoms with Crippen molar-refractivity contribution in [1.29, 1.82) is 0 Å². The van der Waals surface area contributed by atoms with Gasteiger partial charge in [0.05, 0.1) is 16.2 Å². The van der Waals surface area contributed by atoms with Crippen LogP contribution in [-0.4, -0.2) is 64.1 Å². The smallest absolute Gasteiger partial charge is 0.276 e. The van der Waals surface area contributed by atoms with Crippen LogP contribution in [0.3, 0.4) is 0 Å². The highest BCUT2D eigenvalue weighted by Crippen LogP contribution is 2.52. The van der Waals surface area contributed by atoms with E-state index in [4.69, 9.17) is 23.2 Å². The van der Waals surface area contributed by atoms with E-state index in [1.165, 1.54) is 12.3 Å². The first kappa shape index (κ1) is 18.4. The van der Waals surface area contributed by atoms with Gasteiger partial charge in [-0.25, -0.2) is 8.42 Å². The Balaban J connectivity index is 1.43. The summed E-state index contributed by atoms with van der Waals surface area (Å²) >= 11 is 12.2. The molecule has 148 valence electrons. The molecule has 0 radical (unpaired) electrons. The molecular formula is C17H17Cl2N5O3S. The lowest BCUT2D eigenvalue weighted by molar-refractivity contribution is 0.0767. The van der Waals surface area contributed by atoms with Gasteiger partial charge < -0.3 is 4.90 Å². The van der Waals surface area contributed by atoms with Crippen LogP contribution in [0.1, 0.15) is 23.3 Å². The van der Waals surface area contributed by atoms with Crippen molar-refractivity contribution in [2.45, 2.75) is 29.8 Å². The van der Waals surface area contributed by atoms with E-state index in [2.05, 4.69) is 15.4 Å². The molecule has 28 heavy (non-hydrogen) atoms. The molecule has 3 aliphatic rings. The third kappa shape index (κ3) is 2.53. The van der Waals surface area contributed by atoms with E-state index >= 15 is 0 Å². The molecule has 3 saturated heterocycles. The van der Waals surface area contributed by atoms with Gasteiger partial charge in [0.15, 0.2) is 5.69 Å². The number of hydrogen-bond donors (Lipinski definition) is 1. The molecule has 4 atom stereocenters. The number of aromatic nitrogens is 3. The Morgan fingerprint density at radius 3 is 2.43 bits per heavy atom. The number of likely N-dealkylation sites (tertiary alicyclic amines) is 1. The van der Waals surface area contributed by atoms with E-state index in [9.17, 15) is 13.2 Å². The Labute approximate surface area is 171 Å². The van der Waals surface area contributed by atoms with E-state index in [-0.39, 0.29) is 50.5 Å². The fourth-order valence-electron chi connectivity index (χ4n) is 5.10. The molecule has 1 aromatic heterocycles. The second-order valence-corrected chi connectivity index (χ2v) is 10.1. The number of carbonyl (C=O) groups excluding carboxylic acids is 1. The number of aromatic amines is 1. The Bertz CT molecular complexity index is 1030. The predicted octanol–water partition coefficient (Wildman–Crippen LogP) is 2.04. The highest BCUT2D eigenvalue weighted by Gasteiger charge is 2.61. The lowest BCUT2D eigenvalue weighted by Gasteiger charge is -2.26. The summed E-state index contributed by atoms with van der Waals surface area (Å²) in [4.78, 5) is 14.4. The topological polar surface area (TPSA) is 99.3 Å². The largest absolute Gasteiger partial charge is 0.336 e. The van der Waals surface area contributed by atoms with Crippen LogP contribution in [0.2, 0.25) is 10.0 Å². The first-order chi connectivity index (χ1) is 13.4. The minimum Gasteiger partial charge on any atom is -0.336 e. The van der Waals surface area contributed by atoms with Gasteiger partial charge in [0.25, 0.3) is 5.91 Å². The number of nitrogens with zero attached hydrogens (tertiary/aromatic N) is 4. The maximum atomic E-state index is 13.4. The van der Waals surface area contributed by atoms with Crippen LogP contribution in [0.5, 0.6) is 0 Å². The summed E-state index contributed by atoms with van der Waals surface area (Å²) in [6.45, 7) is 1.04. The minimum absolute atomic E-state index is 0.0501. The summed E-state index contributed by atoms with van der Waals surface area (Å²) in [6.07, 6.45) is 2.98. The summed E-state index contributed by atoms with van der Waals surface area (Å²) in [5, 5.41) is 10.3. The number of rotatable bonds is 3. The highest BCUT2D eigenvalue weighted by molar-refractivity contribution is 7.89. The second-order valence-electron chi connectivity index (χ2n) is 7.49. The molecule has 1 aromatic carbocycles. The molecule has 2 bridgehead atoms. The molecule has 11 heteroatoms. The lowest BCUT2D eigenvalue weighted by Crippen LogP contribution is -2.41. The molecule has 0 saturated carbocycles. The van der Waals surface area contributed by atoms with Crippen LogP contribution in [0.4, 0.5) is 0 Å². The lowest BCUT2D eigenvalue weighted by atomic mass is 9.82. The zero-order valence-corrected chi connectivity index (χ0v) is 17.0. The zero-order valence-electron chi connectivity index (χ0n) is 14.6. The number of nitrogens with one attached hydrogen (secondary N) is 1. The predicted molar refractivity (Wildman–Crippen MR) is 102 cm³/mol. The monoisotopic (exact) mass is 441 g/mol. The molecule has 1 amide bonds. The van der Waals surface area contributed by atoms with Crippen LogP contribution in [0, 0.1) is 11.8 Å². The van der Waals surface area contributed by atoms with Crippen molar-refractivity contribution < 1.29 is 13.2 Å². The van der Waals surface area contributed by atoms with Gasteiger partial charge in [-0.1, -0.05) is 29.3 Å². The normalized spacial score (nSPS) is 29.4. The Kier molecular flexibility index (Phi) is 4.20. The fraction of sp³-hybridized carbons (Fsp3) is 0.471. The fourth-order valence-corrected chi connectivity index (χ4v) is 7.80. The first-order valence-electron chi connectivity index (χ1n) is 9.02. The molecule has 1 N–H and O–H groups in total. The van der Waals surface area contributed by atoms with E-state index in [0.717, 1.165) is 12.8 Å². The summed E-state index contributed by atoms with van der Waals surface area (Å²) in [7, 11) is -3.76. The molecule has 4 heterocycles. The molecule has 3 aliphatic heterocycles. The van der Waals surface area contributed by atoms with Crippen LogP contribution < -0.4 is 0 Å². The molecule has 0 aliphatic carbocycles. The van der Waals surface area contributed by atoms with Crippen molar-refractivity contribution in [3.8, 4) is 0 Å². The van der Waals surface area contributed by atoms with Gasteiger partial charge in [-0.05, 0) is 36.8 Å². The Morgan fingerprint density at radius 1 is 1.14 bits per heavy atom. The number of sulfonamides is 1. The standard InChI is InChI=1S/C17H17Cl2N5O3S/c18-11-2-1-3-15(16(11)19)28(26,27)24-13-4-5-14(24)10-8-23(7-9(10)13)17(25)12-6-20-22-21-12/h1-3,6,9-10,13-14H,4-5,7-8H2,(H,20,21,22)/t9-,10+,13+,14-. The van der Waals surface area contributed by atoms with Crippen molar-refractivity contribution >= 4 is 39.1 Å². The van der Waals surface area contributed by atoms with E-state index in [1.54, 1.807) is 21.3 Å². The Morgan fingerprint density at radius 2 is 1.82 bits per heavy atom. The highest BCUT2D eigenvalue weighted by atomic mass is 35.5. The average Bonchev–Trinajstić information content (AvgIpc) is 3.43. The van der Waals surface area contributed by atoms with E-state index in [0.29, 0.717) is 13.1 Å². The van der Waals surface area contributed by atoms with Gasteiger partial charge in [0, 0.05) is 25.2 Å². The third-order valence-corrected chi connectivity index (χ3v) is 9.13. The van der Waals surface area contributed by atoms with Crippen molar-refractivity contribution in [3.63, 3.8) is 0 Å². The number of fused-ring (bicyclic) bond motifs is 5. The van der Waals surface area contributed by atoms with E-state index < -0.39 is 10.0 Å². The molecule has 5 rings (SSSR count). The summed E-state index contributed by atoms with van der Waals surface area (Å²) < 4.78 is 28.4. The maximum absolute atomic E-state index is 13.4. The van der Waals surface area contributed by atoms with Gasteiger partial charge in [-0.3, -0.25) is 4.79 Å². The number of carbonyl (C=O) groups is 1. The first-order valence-corrected chi connectivity index (χ1v) is 11.2. The van der Waals surface area contributed by atoms with Gasteiger partial charge in [-0.2, -0.15) is 19.7 Å². The Hall–Kier alpha value is -1.68. The van der Waals surface area contributed by atoms with Crippen LogP contribution >= 0.6 is 23.2 Å². The quantitative estimate of drug-likeness (QED) is 0.785. The van der Waals surface area contributed by atoms with E-state index in [1.807, 2.05) is 0 Å². The number of benzene rings is 1. The molecule has 8 nitrogen and oxygen atoms in total. The van der Waals surface area contributed by atoms with Crippen molar-refractivity contribution in [2.75, 3.05) is 13.1 Å². The maximum Gasteiger partial charge on any atom is 0.276 e. The van der Waals surface area contributed by atoms with Crippen LogP contribution in [-0.2, 0) is 10.0 Å². The summed E-state index contributed by atoms with van der Waals surface area (Å²) in [6, 6.07) is 4.40. The van der Waals surface area contributed by atoms with Crippen molar-refractivity contribution in [2.24, 2.45) is 11.8 Å². The SMILES string of the molecule is O=C(c1cn[nH]n1)N1C[C@@H]2[C@H](C1)[C@H]1CC[C@@H]2N1S(=O)(=O)c1cccc(Cl)c1Cl. The third-order valence-electron chi connectivity index (χ3n) is 6.21. The van der Waals surface area contributed by atoms with Gasteiger partial charge in [-0.15, -0.1) is 0 Å². The van der Waals surface area contributed by atoms with Crippen LogP contribution in [0.15, 0.2) is 29.3 Å². The van der Waals surface area contributed by atoms with Crippen molar-refractivity contribution in [3.05, 3.63) is 40.1 Å². The number of halogens is 2. The average molecular weight is 442 g/mol. The second kappa shape index (κ2) is 6.41. The molecule has 3 fully saturated rings. The molecular weight excluding hydrogens is 425 g/mol. The number of hydrogen-bond acceptors (Lipinski definition) is 5. The summed E-state index contributed by atoms with van der Waals surface area (Å²) in [5.41, 5.74) is 0.280. The zero-order chi connectivity index (χ0) is 19.6. The number of H-pyrrole nitrogens is 1. The summed E-state index contributed by atoms with van der Waals surface area (Å²) in [5.74, 6) is 0.0551. The molecule has 2 aromatic rings. The van der Waals surface area contributed by atoms with Gasteiger partial charge in [0.1, 0.15) is 4.90 Å². The van der Waals surface area contributed by atoms with Crippen molar-refractivity contribution in [1.82, 2.24) is 24.6 Å². The van der Waals surface area contributed by atoms with Gasteiger partial charge in [0.2, 0.25) is 10.0 Å².